The summed E-state index contributed by atoms with van der Waals surface area (Å²) in [7, 11) is 0. The Labute approximate surface area is 346 Å². The van der Waals surface area contributed by atoms with Gasteiger partial charge in [0.25, 0.3) is 0 Å². The average Bonchev–Trinajstić information content (AvgIpc) is 3.22. The Bertz CT molecular complexity index is 581. The number of nitrogens with one attached hydrogen (secondary N) is 8. The van der Waals surface area contributed by atoms with Crippen LogP contribution in [0.1, 0.15) is 120 Å². The van der Waals surface area contributed by atoms with E-state index in [1.165, 1.54) is 83.8 Å². The van der Waals surface area contributed by atoms with Gasteiger partial charge in [0.05, 0.1) is 32.0 Å². The van der Waals surface area contributed by atoms with E-state index in [0.29, 0.717) is 30.3 Å². The first-order chi connectivity index (χ1) is 27.2. The zero-order valence-corrected chi connectivity index (χ0v) is 38.1. The van der Waals surface area contributed by atoms with E-state index in [0.717, 1.165) is 116 Å². The van der Waals surface area contributed by atoms with Gasteiger partial charge < -0.3 is 61.5 Å². The molecular formula is C44H96N8O4. The highest BCUT2D eigenvalue weighted by molar-refractivity contribution is 4.71. The van der Waals surface area contributed by atoms with Crippen LogP contribution in [-0.4, -0.2) is 155 Å². The van der Waals surface area contributed by atoms with Crippen LogP contribution < -0.4 is 42.5 Å². The molecule has 12 nitrogen and oxygen atoms in total. The SMILES string of the molecule is C[C@@H]1CNCCN1.C[C@@H]1CNCCO1.C[C@H]1CCCCN1.C[C@H]1CCCCO1.C[C@H]1CCCNC1.C[C@H]1CCCOC1.C[C@H]1CNCCN1.C[C@H]1COCCN1. The zero-order chi connectivity index (χ0) is 40.9. The maximum Gasteiger partial charge on any atom is 0.0672 e. The third-order valence-corrected chi connectivity index (χ3v) is 10.6. The summed E-state index contributed by atoms with van der Waals surface area (Å²) < 4.78 is 20.8. The molecule has 8 aliphatic rings. The third kappa shape index (κ3) is 36.6. The number of morpholine rings is 2. The van der Waals surface area contributed by atoms with E-state index in [-0.39, 0.29) is 0 Å². The topological polar surface area (TPSA) is 133 Å². The number of rotatable bonds is 0. The molecule has 8 heterocycles. The van der Waals surface area contributed by atoms with Gasteiger partial charge in [-0.2, -0.15) is 0 Å². The molecule has 8 rings (SSSR count). The van der Waals surface area contributed by atoms with Crippen LogP contribution in [0.5, 0.6) is 0 Å². The Kier molecular flexibility index (Phi) is 37.0. The van der Waals surface area contributed by atoms with Crippen molar-refractivity contribution < 1.29 is 18.9 Å². The van der Waals surface area contributed by atoms with Crippen LogP contribution in [0.2, 0.25) is 0 Å². The maximum absolute atomic E-state index is 5.28. The fourth-order valence-corrected chi connectivity index (χ4v) is 6.84. The van der Waals surface area contributed by atoms with Crippen LogP contribution in [0.15, 0.2) is 0 Å². The molecule has 8 atom stereocenters. The number of piperazine rings is 2. The van der Waals surface area contributed by atoms with Crippen LogP contribution in [0, 0.1) is 11.8 Å². The second-order valence-electron chi connectivity index (χ2n) is 17.2. The first kappa shape index (κ1) is 53.5. The molecule has 0 aromatic rings. The fourth-order valence-electron chi connectivity index (χ4n) is 6.84. The Hall–Kier alpha value is -0.480. The fraction of sp³-hybridized carbons (Fsp3) is 1.00. The molecule has 0 aromatic carbocycles. The molecule has 0 saturated carbocycles. The molecule has 0 spiro atoms. The molecule has 0 radical (unpaired) electrons. The summed E-state index contributed by atoms with van der Waals surface area (Å²) in [4.78, 5) is 0. The second kappa shape index (κ2) is 38.7. The lowest BCUT2D eigenvalue weighted by Gasteiger charge is -2.19. The standard InChI is InChI=1S/2C6H13N.2C6H12O.2C5H12N2.2C5H11NO/c1-6-3-2-4-7-5-6;1-6-4-2-3-5-7-6;1-6-3-2-4-7-5-6;1-6-4-2-3-5-7-6;2*1-5-4-6-2-3-7-5;1-5-4-7-3-2-6-5;1-5-4-6-2-3-7-5/h2*6-7H,2-5H2,1H3;2*6H,2-5H2,1H3;2*5-7H,2-4H2,1H3;2*5-6H,2-4H2,1H3/t4*6-;4*5-/m00001001/s1. The minimum absolute atomic E-state index is 0.425. The summed E-state index contributed by atoms with van der Waals surface area (Å²) in [5.41, 5.74) is 0. The van der Waals surface area contributed by atoms with Gasteiger partial charge in [-0.15, -0.1) is 0 Å². The monoisotopic (exact) mass is 801 g/mol. The maximum atomic E-state index is 5.28. The Morgan fingerprint density at radius 3 is 1.20 bits per heavy atom. The van der Waals surface area contributed by atoms with E-state index < -0.39 is 0 Å². The summed E-state index contributed by atoms with van der Waals surface area (Å²) >= 11 is 0. The molecule has 56 heavy (non-hydrogen) atoms. The molecule has 8 fully saturated rings. The van der Waals surface area contributed by atoms with Crippen molar-refractivity contribution >= 4 is 0 Å². The molecular weight excluding hydrogens is 705 g/mol. The lowest BCUT2D eigenvalue weighted by Crippen LogP contribution is -2.46. The molecule has 8 aliphatic heterocycles. The average molecular weight is 801 g/mol. The van der Waals surface area contributed by atoms with Crippen molar-refractivity contribution in [1.82, 2.24) is 42.5 Å². The highest BCUT2D eigenvalue weighted by Crippen LogP contribution is 2.11. The first-order valence-electron chi connectivity index (χ1n) is 23.3. The minimum atomic E-state index is 0.425. The predicted molar refractivity (Wildman–Crippen MR) is 238 cm³/mol. The van der Waals surface area contributed by atoms with Gasteiger partial charge in [0.1, 0.15) is 0 Å². The van der Waals surface area contributed by atoms with Crippen LogP contribution in [0.4, 0.5) is 0 Å². The van der Waals surface area contributed by atoms with E-state index >= 15 is 0 Å². The second-order valence-corrected chi connectivity index (χ2v) is 17.2. The van der Waals surface area contributed by atoms with Crippen LogP contribution in [0.25, 0.3) is 0 Å². The highest BCUT2D eigenvalue weighted by Gasteiger charge is 2.09. The number of hydrogen-bond acceptors (Lipinski definition) is 12. The van der Waals surface area contributed by atoms with Gasteiger partial charge in [0.2, 0.25) is 0 Å². The summed E-state index contributed by atoms with van der Waals surface area (Å²) in [5, 5.41) is 26.4. The van der Waals surface area contributed by atoms with E-state index in [1.54, 1.807) is 0 Å². The smallest absolute Gasteiger partial charge is 0.0672 e. The van der Waals surface area contributed by atoms with E-state index in [2.05, 4.69) is 97.9 Å². The summed E-state index contributed by atoms with van der Waals surface area (Å²) in [6.07, 6.45) is 14.5. The van der Waals surface area contributed by atoms with Crippen molar-refractivity contribution in [2.24, 2.45) is 11.8 Å². The van der Waals surface area contributed by atoms with Gasteiger partial charge in [-0.3, -0.25) is 0 Å². The first-order valence-corrected chi connectivity index (χ1v) is 23.3. The number of piperidine rings is 2. The van der Waals surface area contributed by atoms with Crippen LogP contribution in [0.3, 0.4) is 0 Å². The molecule has 8 N–H and O–H groups in total. The van der Waals surface area contributed by atoms with Crippen molar-refractivity contribution in [3.8, 4) is 0 Å². The van der Waals surface area contributed by atoms with Crippen molar-refractivity contribution in [2.45, 2.75) is 156 Å². The van der Waals surface area contributed by atoms with Crippen molar-refractivity contribution in [2.75, 3.05) is 118 Å². The summed E-state index contributed by atoms with van der Waals surface area (Å²) in [6, 6.07) is 2.70. The predicted octanol–water partition coefficient (Wildman–Crippen LogP) is 4.29. The molecule has 336 valence electrons. The van der Waals surface area contributed by atoms with E-state index in [4.69, 9.17) is 18.9 Å². The molecule has 0 unspecified atom stereocenters. The van der Waals surface area contributed by atoms with Crippen LogP contribution >= 0.6 is 0 Å². The zero-order valence-electron chi connectivity index (χ0n) is 38.1. The van der Waals surface area contributed by atoms with E-state index in [9.17, 15) is 0 Å². The van der Waals surface area contributed by atoms with Gasteiger partial charge in [-0.1, -0.05) is 20.3 Å². The van der Waals surface area contributed by atoms with Gasteiger partial charge in [0.15, 0.2) is 0 Å². The number of hydrogen-bond donors (Lipinski definition) is 8. The molecule has 12 heteroatoms. The van der Waals surface area contributed by atoms with Gasteiger partial charge >= 0.3 is 0 Å². The third-order valence-electron chi connectivity index (χ3n) is 10.6. The van der Waals surface area contributed by atoms with Gasteiger partial charge in [-0.05, 0) is 131 Å². The van der Waals surface area contributed by atoms with Crippen molar-refractivity contribution in [1.29, 1.82) is 0 Å². The van der Waals surface area contributed by atoms with Crippen molar-refractivity contribution in [3.05, 3.63) is 0 Å². The quantitative estimate of drug-likeness (QED) is 0.178. The minimum Gasteiger partial charge on any atom is -0.381 e. The highest BCUT2D eigenvalue weighted by atomic mass is 16.5. The van der Waals surface area contributed by atoms with Gasteiger partial charge in [0, 0.05) is 103 Å². The van der Waals surface area contributed by atoms with Crippen LogP contribution in [-0.2, 0) is 18.9 Å². The Morgan fingerprint density at radius 1 is 0.339 bits per heavy atom. The van der Waals surface area contributed by atoms with E-state index in [1.807, 2.05) is 0 Å². The lowest BCUT2D eigenvalue weighted by molar-refractivity contribution is 0.0285. The molecule has 0 aliphatic carbocycles. The largest absolute Gasteiger partial charge is 0.381 e. The molecule has 8 saturated heterocycles. The van der Waals surface area contributed by atoms with Crippen molar-refractivity contribution in [3.63, 3.8) is 0 Å². The number of ether oxygens (including phenoxy) is 4. The Morgan fingerprint density at radius 2 is 0.946 bits per heavy atom. The Balaban J connectivity index is 0.000000320. The molecule has 0 amide bonds. The summed E-state index contributed by atoms with van der Waals surface area (Å²) in [5.74, 6) is 1.74. The normalized spacial score (nSPS) is 33.0. The molecule has 0 bridgehead atoms. The molecule has 0 aromatic heterocycles. The lowest BCUT2D eigenvalue weighted by atomic mass is 10.0. The summed E-state index contributed by atoms with van der Waals surface area (Å²) in [6.45, 7) is 36.6. The van der Waals surface area contributed by atoms with Gasteiger partial charge in [-0.25, -0.2) is 0 Å².